The number of hydrogen-bond donors (Lipinski definition) is 1. The Kier molecular flexibility index (Phi) is 7.53. The molecule has 1 aliphatic heterocycles. The maximum absolute atomic E-state index is 12.9. The third-order valence-corrected chi connectivity index (χ3v) is 8.16. The fourth-order valence-corrected chi connectivity index (χ4v) is 5.93. The van der Waals surface area contributed by atoms with Crippen LogP contribution in [0.3, 0.4) is 0 Å². The minimum atomic E-state index is -3.65. The second-order valence-corrected chi connectivity index (χ2v) is 11.0. The number of piperazine rings is 1. The molecule has 0 spiro atoms. The molecule has 174 valence electrons. The molecule has 1 N–H and O–H groups in total. The molecule has 5 nitrogen and oxygen atoms in total. The molecular weight excluding hydrogens is 501 g/mol. The average Bonchev–Trinajstić information content (AvgIpc) is 2.80. The van der Waals surface area contributed by atoms with Gasteiger partial charge in [0.25, 0.3) is 0 Å². The van der Waals surface area contributed by atoms with Gasteiger partial charge in [0.05, 0.1) is 21.6 Å². The molecule has 2 atom stereocenters. The summed E-state index contributed by atoms with van der Waals surface area (Å²) in [5.41, 5.74) is 1.87. The molecule has 1 fully saturated rings. The van der Waals surface area contributed by atoms with Crippen molar-refractivity contribution in [3.63, 3.8) is 0 Å². The number of hydrogen-bond acceptors (Lipinski definition) is 4. The van der Waals surface area contributed by atoms with E-state index in [0.717, 1.165) is 17.8 Å². The van der Waals surface area contributed by atoms with Gasteiger partial charge in [-0.15, -0.1) is 0 Å². The maximum Gasteiger partial charge on any atom is 0.240 e. The molecular formula is C24H24Cl3N3O2S. The van der Waals surface area contributed by atoms with Gasteiger partial charge in [-0.3, -0.25) is 4.90 Å². The van der Waals surface area contributed by atoms with E-state index in [-0.39, 0.29) is 23.5 Å². The Morgan fingerprint density at radius 1 is 0.909 bits per heavy atom. The van der Waals surface area contributed by atoms with Crippen LogP contribution in [0.25, 0.3) is 0 Å². The summed E-state index contributed by atoms with van der Waals surface area (Å²) in [7, 11) is -1.65. The van der Waals surface area contributed by atoms with Crippen LogP contribution in [0.15, 0.2) is 77.7 Å². The van der Waals surface area contributed by atoms with Gasteiger partial charge in [0.1, 0.15) is 0 Å². The number of nitrogens with zero attached hydrogens (tertiary/aromatic N) is 2. The van der Waals surface area contributed by atoms with Crippen molar-refractivity contribution in [2.45, 2.75) is 17.0 Å². The van der Waals surface area contributed by atoms with E-state index >= 15 is 0 Å². The van der Waals surface area contributed by atoms with Crippen molar-refractivity contribution < 1.29 is 8.42 Å². The van der Waals surface area contributed by atoms with Crippen LogP contribution < -0.4 is 9.62 Å². The Hall–Kier alpha value is -1.80. The molecule has 9 heteroatoms. The minimum absolute atomic E-state index is 0.162. The van der Waals surface area contributed by atoms with Gasteiger partial charge in [-0.1, -0.05) is 65.1 Å². The van der Waals surface area contributed by atoms with E-state index in [9.17, 15) is 8.42 Å². The van der Waals surface area contributed by atoms with Gasteiger partial charge >= 0.3 is 0 Å². The lowest BCUT2D eigenvalue weighted by atomic mass is 9.93. The predicted molar refractivity (Wildman–Crippen MR) is 136 cm³/mol. The standard InChI is InChI=1S/C24H24Cl3N3O2S/c1-29-13-14-30(22-12-11-19(26)15-21(22)27)24(17-7-9-18(25)10-8-17)23(29)16-28-33(31,32)20-5-3-2-4-6-20/h2-12,15,23-24,28H,13-14,16H2,1H3/t23-,24+/m1/s1. The third kappa shape index (κ3) is 5.48. The van der Waals surface area contributed by atoms with Crippen molar-refractivity contribution in [2.24, 2.45) is 0 Å². The molecule has 3 aromatic rings. The van der Waals surface area contributed by atoms with E-state index in [4.69, 9.17) is 34.8 Å². The van der Waals surface area contributed by atoms with Crippen LogP contribution in [0.1, 0.15) is 11.6 Å². The van der Waals surface area contributed by atoms with Crippen LogP contribution >= 0.6 is 34.8 Å². The Labute approximate surface area is 209 Å². The molecule has 1 heterocycles. The highest BCUT2D eigenvalue weighted by atomic mass is 35.5. The highest BCUT2D eigenvalue weighted by Gasteiger charge is 2.37. The van der Waals surface area contributed by atoms with Crippen molar-refractivity contribution >= 4 is 50.5 Å². The fraction of sp³-hybridized carbons (Fsp3) is 0.250. The van der Waals surface area contributed by atoms with E-state index in [1.807, 2.05) is 43.4 Å². The van der Waals surface area contributed by atoms with Crippen molar-refractivity contribution in [3.05, 3.63) is 93.4 Å². The summed E-state index contributed by atoms with van der Waals surface area (Å²) in [6.07, 6.45) is 0. The summed E-state index contributed by atoms with van der Waals surface area (Å²) in [5, 5.41) is 1.75. The normalized spacial score (nSPS) is 19.6. The van der Waals surface area contributed by atoms with Crippen LogP contribution in [0.4, 0.5) is 5.69 Å². The van der Waals surface area contributed by atoms with E-state index < -0.39 is 10.0 Å². The zero-order chi connectivity index (χ0) is 23.6. The fourth-order valence-electron chi connectivity index (χ4n) is 4.21. The van der Waals surface area contributed by atoms with Crippen LogP contribution in [0.2, 0.25) is 15.1 Å². The number of likely N-dealkylation sites (N-methyl/N-ethyl adjacent to an activating group) is 1. The van der Waals surface area contributed by atoms with Gasteiger partial charge in [0, 0.05) is 35.7 Å². The first-order valence-electron chi connectivity index (χ1n) is 10.5. The van der Waals surface area contributed by atoms with Crippen LogP contribution in [-0.2, 0) is 10.0 Å². The molecule has 0 aliphatic carbocycles. The Balaban J connectivity index is 1.70. The van der Waals surface area contributed by atoms with Crippen molar-refractivity contribution in [1.29, 1.82) is 0 Å². The Bertz CT molecular complexity index is 1210. The van der Waals surface area contributed by atoms with E-state index in [2.05, 4.69) is 14.5 Å². The smallest absolute Gasteiger partial charge is 0.240 e. The van der Waals surface area contributed by atoms with Gasteiger partial charge in [-0.25, -0.2) is 13.1 Å². The van der Waals surface area contributed by atoms with E-state index in [0.29, 0.717) is 21.6 Å². The minimum Gasteiger partial charge on any atom is -0.360 e. The summed E-state index contributed by atoms with van der Waals surface area (Å²) < 4.78 is 28.6. The predicted octanol–water partition coefficient (Wildman–Crippen LogP) is 5.49. The van der Waals surface area contributed by atoms with Crippen LogP contribution in [0.5, 0.6) is 0 Å². The summed E-state index contributed by atoms with van der Waals surface area (Å²) in [5.74, 6) is 0. The lowest BCUT2D eigenvalue weighted by molar-refractivity contribution is 0.176. The quantitative estimate of drug-likeness (QED) is 0.463. The largest absolute Gasteiger partial charge is 0.360 e. The third-order valence-electron chi connectivity index (χ3n) is 5.93. The highest BCUT2D eigenvalue weighted by Crippen LogP contribution is 2.39. The number of anilines is 1. The Morgan fingerprint density at radius 3 is 2.24 bits per heavy atom. The number of benzene rings is 3. The molecule has 0 bridgehead atoms. The number of rotatable bonds is 6. The van der Waals surface area contributed by atoms with Gasteiger partial charge < -0.3 is 4.90 Å². The SMILES string of the molecule is CN1CCN(c2ccc(Cl)cc2Cl)[C@@H](c2ccc(Cl)cc2)[C@H]1CNS(=O)(=O)c1ccccc1. The monoisotopic (exact) mass is 523 g/mol. The number of nitrogens with one attached hydrogen (secondary N) is 1. The first-order valence-corrected chi connectivity index (χ1v) is 13.1. The lowest BCUT2D eigenvalue weighted by Crippen LogP contribution is -2.57. The molecule has 0 saturated carbocycles. The molecule has 0 radical (unpaired) electrons. The Morgan fingerprint density at radius 2 is 1.58 bits per heavy atom. The lowest BCUT2D eigenvalue weighted by Gasteiger charge is -2.48. The first kappa shape index (κ1) is 24.3. The van der Waals surface area contributed by atoms with Crippen molar-refractivity contribution in [3.8, 4) is 0 Å². The van der Waals surface area contributed by atoms with E-state index in [1.54, 1.807) is 36.4 Å². The molecule has 4 rings (SSSR count). The molecule has 1 aliphatic rings. The zero-order valence-electron chi connectivity index (χ0n) is 18.0. The molecule has 0 unspecified atom stereocenters. The molecule has 0 amide bonds. The summed E-state index contributed by atoms with van der Waals surface area (Å²) >= 11 is 18.9. The first-order chi connectivity index (χ1) is 15.8. The molecule has 1 saturated heterocycles. The van der Waals surface area contributed by atoms with Crippen LogP contribution in [0, 0.1) is 0 Å². The van der Waals surface area contributed by atoms with Gasteiger partial charge in [0.15, 0.2) is 0 Å². The van der Waals surface area contributed by atoms with Gasteiger partial charge in [-0.05, 0) is 55.1 Å². The van der Waals surface area contributed by atoms with E-state index in [1.165, 1.54) is 0 Å². The molecule has 33 heavy (non-hydrogen) atoms. The van der Waals surface area contributed by atoms with Crippen LogP contribution in [-0.4, -0.2) is 46.0 Å². The molecule has 3 aromatic carbocycles. The summed E-state index contributed by atoms with van der Waals surface area (Å²) in [6, 6.07) is 21.1. The van der Waals surface area contributed by atoms with Gasteiger partial charge in [-0.2, -0.15) is 0 Å². The van der Waals surface area contributed by atoms with Crippen molar-refractivity contribution in [2.75, 3.05) is 31.6 Å². The summed E-state index contributed by atoms with van der Waals surface area (Å²) in [6.45, 7) is 1.68. The second-order valence-electron chi connectivity index (χ2n) is 8.00. The molecule has 0 aromatic heterocycles. The number of halogens is 3. The number of sulfonamides is 1. The highest BCUT2D eigenvalue weighted by molar-refractivity contribution is 7.89. The zero-order valence-corrected chi connectivity index (χ0v) is 21.0. The maximum atomic E-state index is 12.9. The second kappa shape index (κ2) is 10.2. The van der Waals surface area contributed by atoms with Crippen molar-refractivity contribution in [1.82, 2.24) is 9.62 Å². The summed E-state index contributed by atoms with van der Waals surface area (Å²) in [4.78, 5) is 4.63. The topological polar surface area (TPSA) is 52.6 Å². The van der Waals surface area contributed by atoms with Gasteiger partial charge in [0.2, 0.25) is 10.0 Å². The average molecular weight is 525 g/mol.